The van der Waals surface area contributed by atoms with Crippen molar-refractivity contribution in [2.75, 3.05) is 19.7 Å². The number of benzene rings is 1. The highest BCUT2D eigenvalue weighted by atomic mass is 16.3. The van der Waals surface area contributed by atoms with Gasteiger partial charge in [-0.2, -0.15) is 0 Å². The maximum atomic E-state index is 9.28. The van der Waals surface area contributed by atoms with Gasteiger partial charge in [0.15, 0.2) is 0 Å². The van der Waals surface area contributed by atoms with Gasteiger partial charge in [0.05, 0.1) is 0 Å². The van der Waals surface area contributed by atoms with Crippen molar-refractivity contribution in [3.05, 3.63) is 35.9 Å². The van der Waals surface area contributed by atoms with Gasteiger partial charge in [0.25, 0.3) is 0 Å². The predicted octanol–water partition coefficient (Wildman–Crippen LogP) is 1.37. The fourth-order valence-electron chi connectivity index (χ4n) is 2.25. The molecular weight excluding hydrogens is 174 g/mol. The van der Waals surface area contributed by atoms with Crippen LogP contribution < -0.4 is 5.32 Å². The van der Waals surface area contributed by atoms with Gasteiger partial charge in [-0.25, -0.2) is 0 Å². The Bertz CT molecular complexity index is 273. The zero-order chi connectivity index (χ0) is 9.80. The van der Waals surface area contributed by atoms with Crippen molar-refractivity contribution >= 4 is 0 Å². The standard InChI is InChI=1S/C12H17NO/c14-9-11-8-13-7-6-12(11)10-4-2-1-3-5-10/h1-5,11-14H,6-9H2/t11-,12+/m1/s1. The lowest BCUT2D eigenvalue weighted by molar-refractivity contribution is 0.179. The zero-order valence-electron chi connectivity index (χ0n) is 8.32. The SMILES string of the molecule is OC[C@H]1CNCC[C@H]1c1ccccc1. The van der Waals surface area contributed by atoms with Gasteiger partial charge in [0, 0.05) is 19.1 Å². The molecule has 2 N–H and O–H groups in total. The molecule has 0 saturated carbocycles. The number of piperidine rings is 1. The molecule has 2 rings (SSSR count). The third kappa shape index (κ3) is 1.97. The normalized spacial score (nSPS) is 27.5. The largest absolute Gasteiger partial charge is 0.396 e. The van der Waals surface area contributed by atoms with E-state index in [9.17, 15) is 5.11 Å². The molecule has 0 spiro atoms. The van der Waals surface area contributed by atoms with Crippen LogP contribution in [0.4, 0.5) is 0 Å². The molecular formula is C12H17NO. The Kier molecular flexibility index (Phi) is 3.17. The van der Waals surface area contributed by atoms with Crippen molar-refractivity contribution in [1.29, 1.82) is 0 Å². The quantitative estimate of drug-likeness (QED) is 0.740. The molecule has 1 aliphatic heterocycles. The summed E-state index contributed by atoms with van der Waals surface area (Å²) in [4.78, 5) is 0. The molecule has 0 unspecified atom stereocenters. The average Bonchev–Trinajstić information content (AvgIpc) is 2.30. The summed E-state index contributed by atoms with van der Waals surface area (Å²) >= 11 is 0. The molecule has 0 radical (unpaired) electrons. The first-order chi connectivity index (χ1) is 6.92. The van der Waals surface area contributed by atoms with E-state index in [1.165, 1.54) is 5.56 Å². The molecule has 1 fully saturated rings. The topological polar surface area (TPSA) is 32.3 Å². The van der Waals surface area contributed by atoms with Gasteiger partial charge in [-0.1, -0.05) is 30.3 Å². The Balaban J connectivity index is 2.15. The molecule has 2 heteroatoms. The average molecular weight is 191 g/mol. The van der Waals surface area contributed by atoms with Crippen LogP contribution in [0.1, 0.15) is 17.9 Å². The molecule has 0 bridgehead atoms. The maximum absolute atomic E-state index is 9.28. The second kappa shape index (κ2) is 4.58. The summed E-state index contributed by atoms with van der Waals surface area (Å²) in [7, 11) is 0. The van der Waals surface area contributed by atoms with Gasteiger partial charge in [0.1, 0.15) is 0 Å². The Morgan fingerprint density at radius 1 is 1.29 bits per heavy atom. The lowest BCUT2D eigenvalue weighted by Gasteiger charge is -2.31. The summed E-state index contributed by atoms with van der Waals surface area (Å²) in [5.41, 5.74) is 1.37. The van der Waals surface area contributed by atoms with Crippen molar-refractivity contribution in [1.82, 2.24) is 5.32 Å². The number of rotatable bonds is 2. The first-order valence-corrected chi connectivity index (χ1v) is 5.28. The molecule has 1 aromatic carbocycles. The summed E-state index contributed by atoms with van der Waals surface area (Å²) in [5.74, 6) is 0.911. The molecule has 1 aliphatic rings. The van der Waals surface area contributed by atoms with Gasteiger partial charge in [-0.3, -0.25) is 0 Å². The summed E-state index contributed by atoms with van der Waals surface area (Å²) in [6.07, 6.45) is 1.13. The minimum atomic E-state index is 0.284. The Hall–Kier alpha value is -0.860. The Morgan fingerprint density at radius 2 is 2.07 bits per heavy atom. The van der Waals surface area contributed by atoms with Gasteiger partial charge < -0.3 is 10.4 Å². The molecule has 1 saturated heterocycles. The number of hydrogen-bond donors (Lipinski definition) is 2. The first-order valence-electron chi connectivity index (χ1n) is 5.28. The van der Waals surface area contributed by atoms with E-state index in [4.69, 9.17) is 0 Å². The van der Waals surface area contributed by atoms with Crippen molar-refractivity contribution < 1.29 is 5.11 Å². The maximum Gasteiger partial charge on any atom is 0.0477 e. The van der Waals surface area contributed by atoms with Crippen molar-refractivity contribution in [3.8, 4) is 0 Å². The highest BCUT2D eigenvalue weighted by Gasteiger charge is 2.25. The first kappa shape index (κ1) is 9.69. The molecule has 0 amide bonds. The molecule has 76 valence electrons. The monoisotopic (exact) mass is 191 g/mol. The summed E-state index contributed by atoms with van der Waals surface area (Å²) in [6.45, 7) is 2.29. The molecule has 0 aromatic heterocycles. The highest BCUT2D eigenvalue weighted by Crippen LogP contribution is 2.29. The summed E-state index contributed by atoms with van der Waals surface area (Å²) < 4.78 is 0. The van der Waals surface area contributed by atoms with Crippen LogP contribution >= 0.6 is 0 Å². The highest BCUT2D eigenvalue weighted by molar-refractivity contribution is 5.21. The van der Waals surface area contributed by atoms with Crippen molar-refractivity contribution in [2.24, 2.45) is 5.92 Å². The van der Waals surface area contributed by atoms with E-state index in [0.717, 1.165) is 19.5 Å². The van der Waals surface area contributed by atoms with Crippen LogP contribution in [0.5, 0.6) is 0 Å². The van der Waals surface area contributed by atoms with E-state index in [1.807, 2.05) is 6.07 Å². The Labute approximate surface area is 85.0 Å². The minimum Gasteiger partial charge on any atom is -0.396 e. The number of nitrogens with one attached hydrogen (secondary N) is 1. The van der Waals surface area contributed by atoms with Crippen LogP contribution in [0.3, 0.4) is 0 Å². The van der Waals surface area contributed by atoms with Gasteiger partial charge in [-0.05, 0) is 24.4 Å². The number of aliphatic hydroxyl groups excluding tert-OH is 1. The van der Waals surface area contributed by atoms with Crippen LogP contribution in [-0.4, -0.2) is 24.8 Å². The predicted molar refractivity (Wildman–Crippen MR) is 57.2 cm³/mol. The fraction of sp³-hybridized carbons (Fsp3) is 0.500. The van der Waals surface area contributed by atoms with Gasteiger partial charge in [-0.15, -0.1) is 0 Å². The van der Waals surface area contributed by atoms with Crippen LogP contribution in [0.2, 0.25) is 0 Å². The minimum absolute atomic E-state index is 0.284. The van der Waals surface area contributed by atoms with Gasteiger partial charge >= 0.3 is 0 Å². The third-order valence-corrected chi connectivity index (χ3v) is 3.07. The van der Waals surface area contributed by atoms with E-state index in [1.54, 1.807) is 0 Å². The molecule has 1 heterocycles. The smallest absolute Gasteiger partial charge is 0.0477 e. The van der Waals surface area contributed by atoms with Crippen LogP contribution in [0, 0.1) is 5.92 Å². The van der Waals surface area contributed by atoms with E-state index in [-0.39, 0.29) is 6.61 Å². The van der Waals surface area contributed by atoms with E-state index >= 15 is 0 Å². The van der Waals surface area contributed by atoms with Gasteiger partial charge in [0.2, 0.25) is 0 Å². The second-order valence-electron chi connectivity index (χ2n) is 3.95. The van der Waals surface area contributed by atoms with E-state index in [2.05, 4.69) is 29.6 Å². The number of aliphatic hydroxyl groups is 1. The molecule has 14 heavy (non-hydrogen) atoms. The van der Waals surface area contributed by atoms with Crippen LogP contribution in [-0.2, 0) is 0 Å². The van der Waals surface area contributed by atoms with Crippen molar-refractivity contribution in [2.45, 2.75) is 12.3 Å². The van der Waals surface area contributed by atoms with Crippen LogP contribution in [0.15, 0.2) is 30.3 Å². The van der Waals surface area contributed by atoms with Crippen molar-refractivity contribution in [3.63, 3.8) is 0 Å². The fourth-order valence-corrected chi connectivity index (χ4v) is 2.25. The molecule has 1 aromatic rings. The third-order valence-electron chi connectivity index (χ3n) is 3.07. The molecule has 0 aliphatic carbocycles. The van der Waals surface area contributed by atoms with Crippen LogP contribution in [0.25, 0.3) is 0 Å². The molecule has 2 atom stereocenters. The van der Waals surface area contributed by atoms with E-state index < -0.39 is 0 Å². The zero-order valence-corrected chi connectivity index (χ0v) is 8.32. The number of hydrogen-bond acceptors (Lipinski definition) is 2. The molecule has 2 nitrogen and oxygen atoms in total. The van der Waals surface area contributed by atoms with E-state index in [0.29, 0.717) is 11.8 Å². The second-order valence-corrected chi connectivity index (χ2v) is 3.95. The Morgan fingerprint density at radius 3 is 2.79 bits per heavy atom. The summed E-state index contributed by atoms with van der Waals surface area (Å²) in [5, 5.41) is 12.6. The lowest BCUT2D eigenvalue weighted by Crippen LogP contribution is -2.37. The summed E-state index contributed by atoms with van der Waals surface area (Å²) in [6, 6.07) is 10.5. The lowest BCUT2D eigenvalue weighted by atomic mass is 9.82.